The van der Waals surface area contributed by atoms with Crippen LogP contribution in [0.2, 0.25) is 0 Å². The van der Waals surface area contributed by atoms with Crippen molar-refractivity contribution >= 4 is 35.8 Å². The van der Waals surface area contributed by atoms with Crippen LogP contribution >= 0.6 is 7.37 Å². The van der Waals surface area contributed by atoms with Crippen molar-refractivity contribution in [2.45, 2.75) is 19.1 Å². The van der Waals surface area contributed by atoms with Crippen LogP contribution in [0.1, 0.15) is 12.0 Å². The molecule has 0 bridgehead atoms. The van der Waals surface area contributed by atoms with E-state index in [-0.39, 0.29) is 6.61 Å². The molecule has 1 amide bonds. The Bertz CT molecular complexity index is 1110. The SMILES string of the molecule is O=C(O)C[C@H](NC(=O)OCc1ccccc1)C(=O)COP(=O)(c1ccccc1)c1ccccc1. The highest BCUT2D eigenvalue weighted by Crippen LogP contribution is 2.44. The summed E-state index contributed by atoms with van der Waals surface area (Å²) in [5.41, 5.74) is 0.730. The first-order valence-corrected chi connectivity index (χ1v) is 12.1. The van der Waals surface area contributed by atoms with E-state index in [1.807, 2.05) is 6.07 Å². The van der Waals surface area contributed by atoms with Gasteiger partial charge in [0.25, 0.3) is 7.37 Å². The Labute approximate surface area is 197 Å². The van der Waals surface area contributed by atoms with E-state index in [2.05, 4.69) is 5.32 Å². The predicted molar refractivity (Wildman–Crippen MR) is 127 cm³/mol. The van der Waals surface area contributed by atoms with E-state index in [0.29, 0.717) is 10.6 Å². The summed E-state index contributed by atoms with van der Waals surface area (Å²) >= 11 is 0. The zero-order chi connectivity index (χ0) is 24.4. The number of carboxylic acids is 1. The molecule has 3 rings (SSSR count). The van der Waals surface area contributed by atoms with Crippen LogP contribution in [-0.2, 0) is 30.0 Å². The van der Waals surface area contributed by atoms with Gasteiger partial charge in [-0.25, -0.2) is 4.79 Å². The number of alkyl carbamates (subject to hydrolysis) is 1. The third-order valence-corrected chi connectivity index (χ3v) is 7.30. The topological polar surface area (TPSA) is 119 Å². The quantitative estimate of drug-likeness (QED) is 0.404. The van der Waals surface area contributed by atoms with Gasteiger partial charge in [0.05, 0.1) is 6.42 Å². The maximum atomic E-state index is 13.8. The average molecular weight is 481 g/mol. The Kier molecular flexibility index (Phi) is 8.73. The van der Waals surface area contributed by atoms with Gasteiger partial charge in [-0.1, -0.05) is 66.7 Å². The number of aliphatic carboxylic acids is 1. The van der Waals surface area contributed by atoms with Crippen molar-refractivity contribution < 1.29 is 33.3 Å². The van der Waals surface area contributed by atoms with Crippen molar-refractivity contribution in [1.82, 2.24) is 5.32 Å². The van der Waals surface area contributed by atoms with Gasteiger partial charge in [-0.3, -0.25) is 14.2 Å². The smallest absolute Gasteiger partial charge is 0.408 e. The van der Waals surface area contributed by atoms with Crippen LogP contribution in [0.25, 0.3) is 0 Å². The van der Waals surface area contributed by atoms with Crippen LogP contribution in [0.4, 0.5) is 4.79 Å². The van der Waals surface area contributed by atoms with Gasteiger partial charge < -0.3 is 19.7 Å². The highest BCUT2D eigenvalue weighted by atomic mass is 31.2. The summed E-state index contributed by atoms with van der Waals surface area (Å²) in [6.07, 6.45) is -1.62. The first kappa shape index (κ1) is 24.9. The van der Waals surface area contributed by atoms with Gasteiger partial charge in [-0.2, -0.15) is 0 Å². The molecule has 0 fully saturated rings. The molecule has 0 spiro atoms. The third kappa shape index (κ3) is 6.88. The molecule has 0 saturated heterocycles. The monoisotopic (exact) mass is 481 g/mol. The molecule has 3 aromatic carbocycles. The van der Waals surface area contributed by atoms with E-state index in [1.165, 1.54) is 0 Å². The lowest BCUT2D eigenvalue weighted by atomic mass is 10.1. The van der Waals surface area contributed by atoms with E-state index in [1.54, 1.807) is 84.9 Å². The van der Waals surface area contributed by atoms with E-state index in [9.17, 15) is 24.1 Å². The van der Waals surface area contributed by atoms with Crippen LogP contribution in [0.5, 0.6) is 0 Å². The van der Waals surface area contributed by atoms with E-state index >= 15 is 0 Å². The summed E-state index contributed by atoms with van der Waals surface area (Å²) in [6, 6.07) is 24.3. The molecule has 0 unspecified atom stereocenters. The van der Waals surface area contributed by atoms with Gasteiger partial charge in [0.1, 0.15) is 19.3 Å². The van der Waals surface area contributed by atoms with Crippen molar-refractivity contribution in [2.75, 3.05) is 6.61 Å². The zero-order valence-corrected chi connectivity index (χ0v) is 19.1. The minimum Gasteiger partial charge on any atom is -0.481 e. The standard InChI is InChI=1S/C25H24NO7P/c27-23(22(16-24(28)29)26-25(30)32-17-19-10-4-1-5-11-19)18-33-34(31,20-12-6-2-7-13-20)21-14-8-3-9-15-21/h1-15,22H,16-18H2,(H,26,30)(H,28,29)/t22-/m0/s1. The number of ether oxygens (including phenoxy) is 1. The Morgan fingerprint density at radius 1 is 0.824 bits per heavy atom. The van der Waals surface area contributed by atoms with Crippen molar-refractivity contribution in [1.29, 1.82) is 0 Å². The second kappa shape index (κ2) is 11.9. The van der Waals surface area contributed by atoms with Crippen LogP contribution in [0, 0.1) is 0 Å². The summed E-state index contributed by atoms with van der Waals surface area (Å²) in [6.45, 7) is -0.716. The van der Waals surface area contributed by atoms with Crippen LogP contribution in [-0.4, -0.2) is 35.6 Å². The number of ketones is 1. The fourth-order valence-corrected chi connectivity index (χ4v) is 5.16. The molecule has 0 saturated carbocycles. The molecule has 1 atom stereocenters. The number of carbonyl (C=O) groups is 3. The van der Waals surface area contributed by atoms with E-state index in [0.717, 1.165) is 5.56 Å². The van der Waals surface area contributed by atoms with E-state index in [4.69, 9.17) is 9.26 Å². The first-order valence-electron chi connectivity index (χ1n) is 10.5. The minimum atomic E-state index is -3.65. The molecule has 34 heavy (non-hydrogen) atoms. The van der Waals surface area contributed by atoms with Gasteiger partial charge in [0.15, 0.2) is 5.78 Å². The summed E-state index contributed by atoms with van der Waals surface area (Å²) in [4.78, 5) is 36.3. The molecule has 0 aromatic heterocycles. The molecule has 2 N–H and O–H groups in total. The second-order valence-corrected chi connectivity index (χ2v) is 9.71. The molecular weight excluding hydrogens is 457 g/mol. The zero-order valence-electron chi connectivity index (χ0n) is 18.2. The summed E-state index contributed by atoms with van der Waals surface area (Å²) < 4.78 is 24.6. The normalized spacial score (nSPS) is 11.9. The van der Waals surface area contributed by atoms with Crippen molar-refractivity contribution in [2.24, 2.45) is 0 Å². The lowest BCUT2D eigenvalue weighted by molar-refractivity contribution is -0.139. The number of hydrogen-bond acceptors (Lipinski definition) is 6. The van der Waals surface area contributed by atoms with Crippen LogP contribution in [0.15, 0.2) is 91.0 Å². The van der Waals surface area contributed by atoms with E-state index < -0.39 is 44.3 Å². The number of carbonyl (C=O) groups excluding carboxylic acids is 2. The molecule has 0 radical (unpaired) electrons. The van der Waals surface area contributed by atoms with Crippen LogP contribution in [0.3, 0.4) is 0 Å². The van der Waals surface area contributed by atoms with Crippen molar-refractivity contribution in [3.63, 3.8) is 0 Å². The molecule has 0 aliphatic rings. The Morgan fingerprint density at radius 2 is 1.32 bits per heavy atom. The van der Waals surface area contributed by atoms with Gasteiger partial charge in [-0.05, 0) is 29.8 Å². The number of benzene rings is 3. The summed E-state index contributed by atoms with van der Waals surface area (Å²) in [5.74, 6) is -2.04. The molecule has 9 heteroatoms. The first-order chi connectivity index (χ1) is 16.4. The Morgan fingerprint density at radius 3 is 1.82 bits per heavy atom. The molecule has 8 nitrogen and oxygen atoms in total. The lowest BCUT2D eigenvalue weighted by Gasteiger charge is -2.21. The van der Waals surface area contributed by atoms with Gasteiger partial charge in [0.2, 0.25) is 0 Å². The second-order valence-electron chi connectivity index (χ2n) is 7.32. The number of carboxylic acid groups (broad SMARTS) is 1. The molecule has 0 heterocycles. The highest BCUT2D eigenvalue weighted by molar-refractivity contribution is 7.74. The Hall–Kier alpha value is -3.74. The number of Topliss-reactive ketones (excluding diaryl/α,β-unsaturated/α-hetero) is 1. The minimum absolute atomic E-state index is 0.0473. The van der Waals surface area contributed by atoms with Gasteiger partial charge in [-0.15, -0.1) is 0 Å². The summed E-state index contributed by atoms with van der Waals surface area (Å²) in [5, 5.41) is 12.2. The fourth-order valence-electron chi connectivity index (χ4n) is 3.13. The van der Waals surface area contributed by atoms with Crippen molar-refractivity contribution in [3.8, 4) is 0 Å². The molecular formula is C25H24NO7P. The number of amides is 1. The van der Waals surface area contributed by atoms with Gasteiger partial charge in [0, 0.05) is 10.6 Å². The maximum Gasteiger partial charge on any atom is 0.408 e. The summed E-state index contributed by atoms with van der Waals surface area (Å²) in [7, 11) is -3.65. The number of hydrogen-bond donors (Lipinski definition) is 2. The molecule has 3 aromatic rings. The highest BCUT2D eigenvalue weighted by Gasteiger charge is 2.32. The molecule has 0 aliphatic heterocycles. The third-order valence-electron chi connectivity index (χ3n) is 4.85. The molecule has 176 valence electrons. The van der Waals surface area contributed by atoms with Gasteiger partial charge >= 0.3 is 12.1 Å². The number of rotatable bonds is 11. The van der Waals surface area contributed by atoms with Crippen molar-refractivity contribution in [3.05, 3.63) is 96.6 Å². The lowest BCUT2D eigenvalue weighted by Crippen LogP contribution is -2.44. The average Bonchev–Trinajstić information content (AvgIpc) is 2.87. The largest absolute Gasteiger partial charge is 0.481 e. The molecule has 0 aliphatic carbocycles. The fraction of sp³-hybridized carbons (Fsp3) is 0.160. The van der Waals surface area contributed by atoms with Crippen LogP contribution < -0.4 is 15.9 Å². The predicted octanol–water partition coefficient (Wildman–Crippen LogP) is 3.27. The number of nitrogens with one attached hydrogen (secondary N) is 1. The maximum absolute atomic E-state index is 13.8. The Balaban J connectivity index is 1.70.